The lowest BCUT2D eigenvalue weighted by Gasteiger charge is -2.21. The van der Waals surface area contributed by atoms with Crippen molar-refractivity contribution >= 4 is 11.6 Å². The third kappa shape index (κ3) is 4.32. The number of nitrogens with zero attached hydrogens (tertiary/aromatic N) is 2. The first-order valence-electron chi connectivity index (χ1n) is 8.57. The van der Waals surface area contributed by atoms with Gasteiger partial charge in [-0.1, -0.05) is 19.3 Å². The van der Waals surface area contributed by atoms with Gasteiger partial charge in [-0.2, -0.15) is 0 Å². The van der Waals surface area contributed by atoms with Gasteiger partial charge in [0, 0.05) is 25.5 Å². The maximum Gasteiger partial charge on any atom is 0.271 e. The van der Waals surface area contributed by atoms with Gasteiger partial charge in [0.2, 0.25) is 0 Å². The molecule has 2 aromatic heterocycles. The van der Waals surface area contributed by atoms with Gasteiger partial charge < -0.3 is 14.5 Å². The zero-order chi connectivity index (χ0) is 16.1. The molecule has 1 saturated carbocycles. The van der Waals surface area contributed by atoms with Gasteiger partial charge >= 0.3 is 0 Å². The van der Waals surface area contributed by atoms with E-state index in [1.165, 1.54) is 32.1 Å². The number of carbonyl (C=O) groups excluding carboxylic acids is 1. The first kappa shape index (κ1) is 16.0. The summed E-state index contributed by atoms with van der Waals surface area (Å²) in [5.74, 6) is -0.121. The van der Waals surface area contributed by atoms with E-state index < -0.39 is 0 Å². The fraction of sp³-hybridized carbons (Fsp3) is 0.556. The summed E-state index contributed by atoms with van der Waals surface area (Å²) >= 11 is 0. The average molecular weight is 315 g/mol. The van der Waals surface area contributed by atoms with Crippen LogP contribution in [0.5, 0.6) is 0 Å². The van der Waals surface area contributed by atoms with Gasteiger partial charge in [-0.3, -0.25) is 4.79 Å². The Hall–Kier alpha value is -1.88. The van der Waals surface area contributed by atoms with Gasteiger partial charge in [-0.15, -0.1) is 0 Å². The van der Waals surface area contributed by atoms with Crippen molar-refractivity contribution in [1.29, 1.82) is 0 Å². The normalized spacial score (nSPS) is 15.9. The number of imidazole rings is 1. The first-order chi connectivity index (χ1) is 11.2. The van der Waals surface area contributed by atoms with E-state index in [0.717, 1.165) is 24.2 Å². The molecular formula is C18H25N3O2. The monoisotopic (exact) mass is 315 g/mol. The fourth-order valence-corrected chi connectivity index (χ4v) is 3.04. The molecule has 0 atom stereocenters. The molecule has 124 valence electrons. The Bertz CT molecular complexity index is 659. The second-order valence-corrected chi connectivity index (χ2v) is 6.34. The van der Waals surface area contributed by atoms with Gasteiger partial charge in [0.05, 0.1) is 6.10 Å². The van der Waals surface area contributed by atoms with Gasteiger partial charge in [0.15, 0.2) is 0 Å². The predicted molar refractivity (Wildman–Crippen MR) is 89.7 cm³/mol. The number of carbonyl (C=O) groups is 1. The predicted octanol–water partition coefficient (Wildman–Crippen LogP) is 3.11. The molecular weight excluding hydrogens is 290 g/mol. The summed E-state index contributed by atoms with van der Waals surface area (Å²) in [6, 6.07) is 3.97. The highest BCUT2D eigenvalue weighted by Crippen LogP contribution is 2.20. The van der Waals surface area contributed by atoms with E-state index in [4.69, 9.17) is 4.74 Å². The zero-order valence-corrected chi connectivity index (χ0v) is 13.8. The summed E-state index contributed by atoms with van der Waals surface area (Å²) in [6.45, 7) is 3.36. The van der Waals surface area contributed by atoms with Crippen LogP contribution in [0.2, 0.25) is 0 Å². The molecule has 1 fully saturated rings. The van der Waals surface area contributed by atoms with Crippen LogP contribution >= 0.6 is 0 Å². The minimum Gasteiger partial charge on any atom is -0.378 e. The quantitative estimate of drug-likeness (QED) is 0.833. The van der Waals surface area contributed by atoms with Crippen molar-refractivity contribution in [3.05, 3.63) is 35.8 Å². The summed E-state index contributed by atoms with van der Waals surface area (Å²) in [5, 5.41) is 2.92. The molecule has 0 saturated heterocycles. The molecule has 1 aliphatic rings. The van der Waals surface area contributed by atoms with Gasteiger partial charge in [-0.05, 0) is 43.9 Å². The number of ether oxygens (including phenoxy) is 1. The topological polar surface area (TPSA) is 55.6 Å². The number of hydrogen-bond acceptors (Lipinski definition) is 3. The number of hydrogen-bond donors (Lipinski definition) is 1. The lowest BCUT2D eigenvalue weighted by Crippen LogP contribution is -2.26. The Morgan fingerprint density at radius 1 is 1.39 bits per heavy atom. The van der Waals surface area contributed by atoms with Crippen molar-refractivity contribution in [2.45, 2.75) is 51.6 Å². The minimum atomic E-state index is -0.121. The van der Waals surface area contributed by atoms with Crippen molar-refractivity contribution in [3.63, 3.8) is 0 Å². The second kappa shape index (κ2) is 7.59. The van der Waals surface area contributed by atoms with Crippen LogP contribution in [-0.4, -0.2) is 34.5 Å². The molecule has 5 nitrogen and oxygen atoms in total. The lowest BCUT2D eigenvalue weighted by atomic mass is 9.98. The maximum absolute atomic E-state index is 12.1. The highest BCUT2D eigenvalue weighted by Gasteiger charge is 2.13. The molecule has 0 bridgehead atoms. The summed E-state index contributed by atoms with van der Waals surface area (Å²) in [7, 11) is 0. The van der Waals surface area contributed by atoms with E-state index in [1.807, 2.05) is 29.7 Å². The van der Waals surface area contributed by atoms with Gasteiger partial charge in [0.25, 0.3) is 5.91 Å². The van der Waals surface area contributed by atoms with Crippen LogP contribution in [0.1, 0.15) is 54.6 Å². The molecule has 0 radical (unpaired) electrons. The molecule has 2 heterocycles. The second-order valence-electron chi connectivity index (χ2n) is 6.34. The molecule has 0 spiro atoms. The number of aryl methyl sites for hydroxylation is 1. The standard InChI is InChI=1S/C18H25N3O2/c1-14-8-10-21-13-16(20-17(21)12-14)18(22)19-9-5-11-23-15-6-3-2-4-7-15/h8,10,12-13,15H,2-7,9,11H2,1H3,(H,19,22). The molecule has 0 aliphatic heterocycles. The summed E-state index contributed by atoms with van der Waals surface area (Å²) in [6.07, 6.45) is 11.3. The van der Waals surface area contributed by atoms with Crippen molar-refractivity contribution < 1.29 is 9.53 Å². The molecule has 1 N–H and O–H groups in total. The highest BCUT2D eigenvalue weighted by molar-refractivity contribution is 5.92. The van der Waals surface area contributed by atoms with Crippen molar-refractivity contribution in [3.8, 4) is 0 Å². The van der Waals surface area contributed by atoms with Crippen LogP contribution in [0.25, 0.3) is 5.65 Å². The van der Waals surface area contributed by atoms with Gasteiger partial charge in [0.1, 0.15) is 11.3 Å². The molecule has 0 aromatic carbocycles. The van der Waals surface area contributed by atoms with Crippen molar-refractivity contribution in [2.75, 3.05) is 13.2 Å². The van der Waals surface area contributed by atoms with E-state index in [9.17, 15) is 4.79 Å². The van der Waals surface area contributed by atoms with Crippen LogP contribution in [0.15, 0.2) is 24.5 Å². The number of amides is 1. The SMILES string of the molecule is Cc1ccn2cc(C(=O)NCCCOC3CCCCC3)nc2c1. The largest absolute Gasteiger partial charge is 0.378 e. The number of nitrogens with one attached hydrogen (secondary N) is 1. The van der Waals surface area contributed by atoms with Crippen molar-refractivity contribution in [1.82, 2.24) is 14.7 Å². The number of pyridine rings is 1. The number of rotatable bonds is 6. The summed E-state index contributed by atoms with van der Waals surface area (Å²) in [4.78, 5) is 16.5. The third-order valence-corrected chi connectivity index (χ3v) is 4.36. The Balaban J connectivity index is 1.41. The molecule has 0 unspecified atom stereocenters. The average Bonchev–Trinajstić information content (AvgIpc) is 2.98. The number of fused-ring (bicyclic) bond motifs is 1. The minimum absolute atomic E-state index is 0.121. The van der Waals surface area contributed by atoms with E-state index in [1.54, 1.807) is 6.20 Å². The molecule has 23 heavy (non-hydrogen) atoms. The van der Waals surface area contributed by atoms with Crippen LogP contribution in [0, 0.1) is 6.92 Å². The van der Waals surface area contributed by atoms with E-state index in [-0.39, 0.29) is 5.91 Å². The molecule has 1 amide bonds. The summed E-state index contributed by atoms with van der Waals surface area (Å²) < 4.78 is 7.73. The van der Waals surface area contributed by atoms with E-state index in [0.29, 0.717) is 18.3 Å². The first-order valence-corrected chi connectivity index (χ1v) is 8.57. The van der Waals surface area contributed by atoms with Crippen LogP contribution < -0.4 is 5.32 Å². The van der Waals surface area contributed by atoms with E-state index in [2.05, 4.69) is 10.3 Å². The Morgan fingerprint density at radius 2 is 2.22 bits per heavy atom. The number of aromatic nitrogens is 2. The van der Waals surface area contributed by atoms with Gasteiger partial charge in [-0.25, -0.2) is 4.98 Å². The van der Waals surface area contributed by atoms with Crippen molar-refractivity contribution in [2.24, 2.45) is 0 Å². The van der Waals surface area contributed by atoms with Crippen LogP contribution in [0.4, 0.5) is 0 Å². The Labute approximate surface area is 137 Å². The van der Waals surface area contributed by atoms with Crippen LogP contribution in [0.3, 0.4) is 0 Å². The maximum atomic E-state index is 12.1. The third-order valence-electron chi connectivity index (χ3n) is 4.36. The highest BCUT2D eigenvalue weighted by atomic mass is 16.5. The molecule has 3 rings (SSSR count). The van der Waals surface area contributed by atoms with Crippen LogP contribution in [-0.2, 0) is 4.74 Å². The molecule has 5 heteroatoms. The zero-order valence-electron chi connectivity index (χ0n) is 13.8. The summed E-state index contributed by atoms with van der Waals surface area (Å²) in [5.41, 5.74) is 2.40. The molecule has 2 aromatic rings. The Kier molecular flexibility index (Phi) is 5.28. The smallest absolute Gasteiger partial charge is 0.271 e. The van der Waals surface area contributed by atoms with E-state index >= 15 is 0 Å². The fourth-order valence-electron chi connectivity index (χ4n) is 3.04. The Morgan fingerprint density at radius 3 is 3.04 bits per heavy atom. The lowest BCUT2D eigenvalue weighted by molar-refractivity contribution is 0.0273. The molecule has 1 aliphatic carbocycles.